The predicted molar refractivity (Wildman–Crippen MR) is 139 cm³/mol. The Balaban J connectivity index is 1.31. The van der Waals surface area contributed by atoms with Crippen molar-refractivity contribution in [3.8, 4) is 22.9 Å². The molecule has 202 valence electrons. The molecule has 2 aliphatic carbocycles. The van der Waals surface area contributed by atoms with Gasteiger partial charge in [0.25, 0.3) is 5.91 Å². The number of hydrogen-bond donors (Lipinski definition) is 1. The number of nitrogens with two attached hydrogens (primary N) is 1. The van der Waals surface area contributed by atoms with Crippen molar-refractivity contribution in [2.45, 2.75) is 50.3 Å². The van der Waals surface area contributed by atoms with Crippen LogP contribution in [0, 0.1) is 16.7 Å². The minimum absolute atomic E-state index is 0.00597. The number of pyridine rings is 1. The number of carbonyl (C=O) groups is 1. The molecule has 40 heavy (non-hydrogen) atoms. The number of fused-ring (bicyclic) bond motifs is 9. The topological polar surface area (TPSA) is 122 Å². The minimum atomic E-state index is -3.01. The molecule has 4 heterocycles. The molecule has 1 amide bonds. The molecule has 2 bridgehead atoms. The Morgan fingerprint density at radius 2 is 1.93 bits per heavy atom. The Labute approximate surface area is 228 Å². The van der Waals surface area contributed by atoms with Crippen molar-refractivity contribution >= 4 is 11.4 Å². The van der Waals surface area contributed by atoms with Crippen LogP contribution in [-0.4, -0.2) is 44.0 Å². The summed E-state index contributed by atoms with van der Waals surface area (Å²) < 4.78 is 33.4. The third-order valence-electron chi connectivity index (χ3n) is 8.59. The summed E-state index contributed by atoms with van der Waals surface area (Å²) in [4.78, 5) is 24.0. The number of halogens is 2. The summed E-state index contributed by atoms with van der Waals surface area (Å²) >= 11 is 0. The van der Waals surface area contributed by atoms with Crippen LogP contribution >= 0.6 is 0 Å². The van der Waals surface area contributed by atoms with Crippen LogP contribution in [0.2, 0.25) is 0 Å². The van der Waals surface area contributed by atoms with Gasteiger partial charge in [-0.3, -0.25) is 4.79 Å². The zero-order valence-electron chi connectivity index (χ0n) is 21.8. The fourth-order valence-corrected chi connectivity index (χ4v) is 6.85. The minimum Gasteiger partial charge on any atom is -0.434 e. The first-order valence-electron chi connectivity index (χ1n) is 13.0. The van der Waals surface area contributed by atoms with Gasteiger partial charge >= 0.3 is 6.61 Å². The van der Waals surface area contributed by atoms with Gasteiger partial charge in [0.15, 0.2) is 0 Å². The third-order valence-corrected chi connectivity index (χ3v) is 8.59. The summed E-state index contributed by atoms with van der Waals surface area (Å²) in [6.45, 7) is -1.13. The van der Waals surface area contributed by atoms with E-state index < -0.39 is 17.6 Å². The Morgan fingerprint density at radius 1 is 1.18 bits per heavy atom. The molecule has 7 rings (SSSR count). The summed E-state index contributed by atoms with van der Waals surface area (Å²) in [6.07, 6.45) is 6.81. The maximum Gasteiger partial charge on any atom is 0.387 e. The lowest BCUT2D eigenvalue weighted by atomic mass is 9.59. The summed E-state index contributed by atoms with van der Waals surface area (Å²) in [5.41, 5.74) is 10.2. The van der Waals surface area contributed by atoms with E-state index in [0.717, 1.165) is 27.9 Å². The average molecular weight is 542 g/mol. The van der Waals surface area contributed by atoms with Gasteiger partial charge in [-0.2, -0.15) is 19.1 Å². The molecule has 11 heteroatoms. The lowest BCUT2D eigenvalue weighted by molar-refractivity contribution is -0.0505. The fraction of sp³-hybridized carbons (Fsp3) is 0.345. The number of alkyl halides is 2. The van der Waals surface area contributed by atoms with Crippen molar-refractivity contribution in [3.63, 3.8) is 0 Å². The molecule has 0 unspecified atom stereocenters. The summed E-state index contributed by atoms with van der Waals surface area (Å²) in [5, 5.41) is 14.2. The van der Waals surface area contributed by atoms with Gasteiger partial charge in [0.05, 0.1) is 34.3 Å². The smallest absolute Gasteiger partial charge is 0.387 e. The van der Waals surface area contributed by atoms with Crippen LogP contribution in [0.15, 0.2) is 48.9 Å². The summed E-state index contributed by atoms with van der Waals surface area (Å²) in [6, 6.07) is 10.6. The summed E-state index contributed by atoms with van der Waals surface area (Å²) in [7, 11) is 1.72. The molecule has 2 atom stereocenters. The third kappa shape index (κ3) is 3.45. The molecular weight excluding hydrogens is 516 g/mol. The normalized spacial score (nSPS) is 26.7. The first-order valence-corrected chi connectivity index (χ1v) is 13.0. The second-order valence-electron chi connectivity index (χ2n) is 11.3. The quantitative estimate of drug-likeness (QED) is 0.403. The molecule has 1 aromatic carbocycles. The van der Waals surface area contributed by atoms with Gasteiger partial charge in [-0.15, -0.1) is 0 Å². The molecular formula is C29H25F2N7O2. The standard InChI is InChI=1S/C29H25F2N7O2/c1-28(14-32)12-29(33,13-28)26-34-10-16(11-35-26)15-6-7-38-19(8-15)23-18-9-20(24(23)36-38)37(2)25(39)17-4-3-5-21(22(17)18)40-27(30)31/h3-8,10-11,18,20,27H,9,12-13,33H2,1-2H3/t18-,20-,28?,29?/m1/s1. The van der Waals surface area contributed by atoms with Crippen LogP contribution in [0.4, 0.5) is 8.78 Å². The number of nitriles is 1. The lowest BCUT2D eigenvalue weighted by Gasteiger charge is -2.47. The number of carbonyl (C=O) groups excluding carboxylic acids is 1. The van der Waals surface area contributed by atoms with Crippen molar-refractivity contribution in [3.05, 3.63) is 77.1 Å². The van der Waals surface area contributed by atoms with E-state index in [-0.39, 0.29) is 23.6 Å². The van der Waals surface area contributed by atoms with Gasteiger partial charge in [-0.05, 0) is 56.0 Å². The van der Waals surface area contributed by atoms with Gasteiger partial charge in [-0.25, -0.2) is 14.5 Å². The number of benzene rings is 1. The zero-order valence-corrected chi connectivity index (χ0v) is 21.8. The highest BCUT2D eigenvalue weighted by Gasteiger charge is 2.53. The van der Waals surface area contributed by atoms with Crippen molar-refractivity contribution in [1.29, 1.82) is 5.26 Å². The monoisotopic (exact) mass is 541 g/mol. The molecule has 2 N–H and O–H groups in total. The van der Waals surface area contributed by atoms with Crippen molar-refractivity contribution < 1.29 is 18.3 Å². The maximum absolute atomic E-state index is 13.4. The number of rotatable bonds is 4. The van der Waals surface area contributed by atoms with Gasteiger partial charge in [0.2, 0.25) is 0 Å². The highest BCUT2D eigenvalue weighted by Crippen LogP contribution is 2.54. The first kappa shape index (κ1) is 24.6. The van der Waals surface area contributed by atoms with Crippen LogP contribution in [-0.2, 0) is 5.54 Å². The highest BCUT2D eigenvalue weighted by molar-refractivity contribution is 5.98. The molecule has 1 fully saturated rings. The van der Waals surface area contributed by atoms with E-state index in [1.54, 1.807) is 41.0 Å². The molecule has 1 aliphatic heterocycles. The Hall–Kier alpha value is -4.43. The van der Waals surface area contributed by atoms with Crippen LogP contribution in [0.25, 0.3) is 16.6 Å². The maximum atomic E-state index is 13.4. The molecule has 3 aromatic heterocycles. The van der Waals surface area contributed by atoms with E-state index in [4.69, 9.17) is 15.6 Å². The number of amides is 1. The Kier molecular flexibility index (Phi) is 5.10. The zero-order chi connectivity index (χ0) is 28.0. The number of ether oxygens (including phenoxy) is 1. The van der Waals surface area contributed by atoms with Gasteiger partial charge in [0.1, 0.15) is 11.6 Å². The number of hydrogen-bond acceptors (Lipinski definition) is 7. The molecule has 0 saturated heterocycles. The van der Waals surface area contributed by atoms with E-state index in [1.807, 2.05) is 25.3 Å². The van der Waals surface area contributed by atoms with E-state index in [2.05, 4.69) is 16.0 Å². The number of nitrogens with zero attached hydrogens (tertiary/aromatic N) is 6. The van der Waals surface area contributed by atoms with Gasteiger partial charge < -0.3 is 15.4 Å². The van der Waals surface area contributed by atoms with E-state index in [9.17, 15) is 18.8 Å². The summed E-state index contributed by atoms with van der Waals surface area (Å²) in [5.74, 6) is -0.0832. The van der Waals surface area contributed by atoms with E-state index >= 15 is 0 Å². The molecule has 4 aromatic rings. The predicted octanol–water partition coefficient (Wildman–Crippen LogP) is 4.53. The Morgan fingerprint density at radius 3 is 2.62 bits per heavy atom. The van der Waals surface area contributed by atoms with Gasteiger partial charge in [0, 0.05) is 53.8 Å². The van der Waals surface area contributed by atoms with Crippen LogP contribution in [0.3, 0.4) is 0 Å². The largest absolute Gasteiger partial charge is 0.434 e. The molecule has 0 spiro atoms. The van der Waals surface area contributed by atoms with Crippen molar-refractivity contribution in [2.24, 2.45) is 11.1 Å². The molecule has 1 saturated carbocycles. The highest BCUT2D eigenvalue weighted by atomic mass is 19.3. The number of aromatic nitrogens is 4. The van der Waals surface area contributed by atoms with Crippen LogP contribution in [0.1, 0.15) is 71.1 Å². The van der Waals surface area contributed by atoms with Crippen LogP contribution < -0.4 is 10.5 Å². The van der Waals surface area contributed by atoms with Crippen LogP contribution in [0.5, 0.6) is 5.75 Å². The average Bonchev–Trinajstić information content (AvgIpc) is 3.45. The second kappa shape index (κ2) is 8.29. The second-order valence-corrected chi connectivity index (χ2v) is 11.3. The first-order chi connectivity index (χ1) is 19.1. The van der Waals surface area contributed by atoms with E-state index in [0.29, 0.717) is 36.2 Å². The molecule has 9 nitrogen and oxygen atoms in total. The fourth-order valence-electron chi connectivity index (χ4n) is 6.85. The molecule has 0 radical (unpaired) electrons. The van der Waals surface area contributed by atoms with Gasteiger partial charge in [-0.1, -0.05) is 6.07 Å². The van der Waals surface area contributed by atoms with Crippen molar-refractivity contribution in [2.75, 3.05) is 7.05 Å². The lowest BCUT2D eigenvalue weighted by Crippen LogP contribution is -2.54. The SMILES string of the molecule is CN1C(=O)c2cccc(OC(F)F)c2[C@H]2C[C@@H]1c1nn3ccc(-c4cnc(C5(N)CC(C)(C#N)C5)nc4)cc3c12. The molecule has 3 aliphatic rings. The van der Waals surface area contributed by atoms with Crippen molar-refractivity contribution in [1.82, 2.24) is 24.5 Å². The van der Waals surface area contributed by atoms with E-state index in [1.165, 1.54) is 6.07 Å². The Bertz CT molecular complexity index is 1740.